The monoisotopic (exact) mass is 379 g/mol. The van der Waals surface area contributed by atoms with E-state index in [-0.39, 0.29) is 30.6 Å². The zero-order chi connectivity index (χ0) is 20.1. The van der Waals surface area contributed by atoms with Gasteiger partial charge in [-0.3, -0.25) is 18.7 Å². The van der Waals surface area contributed by atoms with Crippen molar-refractivity contribution in [3.8, 4) is 0 Å². The molecular weight excluding hydrogens is 354 g/mol. The summed E-state index contributed by atoms with van der Waals surface area (Å²) >= 11 is 0. The molecule has 0 bridgehead atoms. The SMILES string of the molecule is CCCC(NC(=O)Cn1c(=O)n(CC)c(=O)c2ccccc21)c1ccccc1. The van der Waals surface area contributed by atoms with E-state index in [1.54, 1.807) is 31.2 Å². The summed E-state index contributed by atoms with van der Waals surface area (Å²) in [6, 6.07) is 16.6. The van der Waals surface area contributed by atoms with Gasteiger partial charge in [-0.2, -0.15) is 0 Å². The van der Waals surface area contributed by atoms with Crippen LogP contribution in [0, 0.1) is 0 Å². The molecule has 1 aromatic heterocycles. The van der Waals surface area contributed by atoms with Crippen LogP contribution >= 0.6 is 0 Å². The Labute approximate surface area is 163 Å². The topological polar surface area (TPSA) is 73.1 Å². The molecule has 1 heterocycles. The number of amides is 1. The minimum Gasteiger partial charge on any atom is -0.348 e. The fourth-order valence-corrected chi connectivity index (χ4v) is 3.48. The Balaban J connectivity index is 1.95. The Morgan fingerprint density at radius 2 is 1.64 bits per heavy atom. The summed E-state index contributed by atoms with van der Waals surface area (Å²) in [6.45, 7) is 3.94. The van der Waals surface area contributed by atoms with Gasteiger partial charge in [0.15, 0.2) is 0 Å². The molecule has 3 aromatic rings. The van der Waals surface area contributed by atoms with Crippen molar-refractivity contribution in [1.29, 1.82) is 0 Å². The average Bonchev–Trinajstić information content (AvgIpc) is 2.72. The predicted molar refractivity (Wildman–Crippen MR) is 110 cm³/mol. The van der Waals surface area contributed by atoms with Gasteiger partial charge in [0.25, 0.3) is 5.56 Å². The fraction of sp³-hybridized carbons (Fsp3) is 0.318. The van der Waals surface area contributed by atoms with Gasteiger partial charge in [0, 0.05) is 6.54 Å². The van der Waals surface area contributed by atoms with Gasteiger partial charge in [-0.15, -0.1) is 0 Å². The summed E-state index contributed by atoms with van der Waals surface area (Å²) in [4.78, 5) is 38.1. The molecule has 0 aliphatic heterocycles. The Kier molecular flexibility index (Phi) is 6.09. The van der Waals surface area contributed by atoms with Crippen LogP contribution in [-0.4, -0.2) is 15.0 Å². The second-order valence-electron chi connectivity index (χ2n) is 6.75. The van der Waals surface area contributed by atoms with Gasteiger partial charge in [-0.1, -0.05) is 55.8 Å². The lowest BCUT2D eigenvalue weighted by atomic mass is 10.0. The van der Waals surface area contributed by atoms with Crippen LogP contribution in [0.4, 0.5) is 0 Å². The van der Waals surface area contributed by atoms with Gasteiger partial charge in [0.1, 0.15) is 6.54 Å². The maximum Gasteiger partial charge on any atom is 0.331 e. The molecule has 1 amide bonds. The Morgan fingerprint density at radius 3 is 2.32 bits per heavy atom. The normalized spacial score (nSPS) is 12.1. The number of para-hydroxylation sites is 1. The van der Waals surface area contributed by atoms with E-state index in [0.29, 0.717) is 10.9 Å². The second-order valence-corrected chi connectivity index (χ2v) is 6.75. The van der Waals surface area contributed by atoms with Crippen LogP contribution in [0.1, 0.15) is 38.3 Å². The molecule has 28 heavy (non-hydrogen) atoms. The highest BCUT2D eigenvalue weighted by Crippen LogP contribution is 2.18. The summed E-state index contributed by atoms with van der Waals surface area (Å²) in [5.41, 5.74) is 0.721. The lowest BCUT2D eigenvalue weighted by molar-refractivity contribution is -0.122. The van der Waals surface area contributed by atoms with Crippen LogP contribution in [0.15, 0.2) is 64.2 Å². The average molecular weight is 379 g/mol. The van der Waals surface area contributed by atoms with Crippen LogP contribution in [0.2, 0.25) is 0 Å². The molecule has 1 atom stereocenters. The first kappa shape index (κ1) is 19.6. The van der Waals surface area contributed by atoms with Gasteiger partial charge in [0.05, 0.1) is 16.9 Å². The lowest BCUT2D eigenvalue weighted by Crippen LogP contribution is -2.42. The summed E-state index contributed by atoms with van der Waals surface area (Å²) in [6.07, 6.45) is 1.73. The van der Waals surface area contributed by atoms with Gasteiger partial charge in [0.2, 0.25) is 5.91 Å². The minimum absolute atomic E-state index is 0.113. The van der Waals surface area contributed by atoms with E-state index >= 15 is 0 Å². The van der Waals surface area contributed by atoms with Crippen LogP contribution in [0.25, 0.3) is 10.9 Å². The molecule has 1 unspecified atom stereocenters. The number of fused-ring (bicyclic) bond motifs is 1. The van der Waals surface area contributed by atoms with Crippen LogP contribution in [0.3, 0.4) is 0 Å². The summed E-state index contributed by atoms with van der Waals surface area (Å²) in [5, 5.41) is 3.48. The largest absolute Gasteiger partial charge is 0.348 e. The number of aromatic nitrogens is 2. The van der Waals surface area contributed by atoms with E-state index in [9.17, 15) is 14.4 Å². The Hall–Kier alpha value is -3.15. The highest BCUT2D eigenvalue weighted by Gasteiger charge is 2.17. The zero-order valence-corrected chi connectivity index (χ0v) is 16.2. The van der Waals surface area contributed by atoms with E-state index in [2.05, 4.69) is 12.2 Å². The molecule has 3 rings (SSSR count). The van der Waals surface area contributed by atoms with Crippen molar-refractivity contribution in [3.63, 3.8) is 0 Å². The number of hydrogen-bond donors (Lipinski definition) is 1. The standard InChI is InChI=1S/C22H25N3O3/c1-3-10-18(16-11-6-5-7-12-16)23-20(26)15-25-19-14-9-8-13-17(19)21(27)24(4-2)22(25)28/h5-9,11-14,18H,3-4,10,15H2,1-2H3,(H,23,26). The Morgan fingerprint density at radius 1 is 0.964 bits per heavy atom. The molecular formula is C22H25N3O3. The summed E-state index contributed by atoms with van der Waals surface area (Å²) in [5.74, 6) is -0.254. The number of rotatable bonds is 7. The number of carbonyl (C=O) groups is 1. The molecule has 0 aliphatic rings. The first-order valence-electron chi connectivity index (χ1n) is 9.63. The third-order valence-corrected chi connectivity index (χ3v) is 4.86. The molecule has 0 radical (unpaired) electrons. The maximum atomic E-state index is 12.8. The molecule has 0 spiro atoms. The van der Waals surface area contributed by atoms with Crippen molar-refractivity contribution >= 4 is 16.8 Å². The highest BCUT2D eigenvalue weighted by atomic mass is 16.2. The molecule has 6 nitrogen and oxygen atoms in total. The molecule has 1 N–H and O–H groups in total. The number of benzene rings is 2. The number of hydrogen-bond acceptors (Lipinski definition) is 3. The molecule has 0 saturated carbocycles. The number of nitrogens with zero attached hydrogens (tertiary/aromatic N) is 2. The zero-order valence-electron chi connectivity index (χ0n) is 16.2. The first-order chi connectivity index (χ1) is 13.6. The molecule has 0 saturated heterocycles. The van der Waals surface area contributed by atoms with Crippen LogP contribution in [-0.2, 0) is 17.9 Å². The van der Waals surface area contributed by atoms with Crippen molar-refractivity contribution in [2.45, 2.75) is 45.8 Å². The quantitative estimate of drug-likeness (QED) is 0.686. The summed E-state index contributed by atoms with van der Waals surface area (Å²) < 4.78 is 2.54. The number of carbonyl (C=O) groups excluding carboxylic acids is 1. The summed E-state index contributed by atoms with van der Waals surface area (Å²) in [7, 11) is 0. The predicted octanol–water partition coefficient (Wildman–Crippen LogP) is 2.84. The molecule has 6 heteroatoms. The van der Waals surface area contributed by atoms with Crippen molar-refractivity contribution < 1.29 is 4.79 Å². The molecule has 0 fully saturated rings. The van der Waals surface area contributed by atoms with E-state index in [0.717, 1.165) is 23.0 Å². The van der Waals surface area contributed by atoms with E-state index in [1.165, 1.54) is 4.57 Å². The van der Waals surface area contributed by atoms with Crippen molar-refractivity contribution in [3.05, 3.63) is 81.0 Å². The van der Waals surface area contributed by atoms with Gasteiger partial charge < -0.3 is 5.32 Å². The van der Waals surface area contributed by atoms with Gasteiger partial charge in [-0.05, 0) is 31.0 Å². The fourth-order valence-electron chi connectivity index (χ4n) is 3.48. The molecule has 2 aromatic carbocycles. The van der Waals surface area contributed by atoms with Crippen molar-refractivity contribution in [1.82, 2.24) is 14.5 Å². The third kappa shape index (κ3) is 3.91. The molecule has 146 valence electrons. The van der Waals surface area contributed by atoms with Crippen LogP contribution < -0.4 is 16.6 Å². The maximum absolute atomic E-state index is 12.8. The van der Waals surface area contributed by atoms with E-state index < -0.39 is 5.69 Å². The number of nitrogens with one attached hydrogen (secondary N) is 1. The van der Waals surface area contributed by atoms with Crippen molar-refractivity contribution in [2.75, 3.05) is 0 Å². The smallest absolute Gasteiger partial charge is 0.331 e. The third-order valence-electron chi connectivity index (χ3n) is 4.86. The lowest BCUT2D eigenvalue weighted by Gasteiger charge is -2.20. The van der Waals surface area contributed by atoms with Gasteiger partial charge >= 0.3 is 5.69 Å². The van der Waals surface area contributed by atoms with E-state index in [4.69, 9.17) is 0 Å². The van der Waals surface area contributed by atoms with Crippen LogP contribution in [0.5, 0.6) is 0 Å². The molecule has 0 aliphatic carbocycles. The van der Waals surface area contributed by atoms with Gasteiger partial charge in [-0.25, -0.2) is 4.79 Å². The van der Waals surface area contributed by atoms with E-state index in [1.807, 2.05) is 30.3 Å². The highest BCUT2D eigenvalue weighted by molar-refractivity contribution is 5.81. The Bertz CT molecular complexity index is 1080. The first-order valence-corrected chi connectivity index (χ1v) is 9.63. The van der Waals surface area contributed by atoms with Crippen molar-refractivity contribution in [2.24, 2.45) is 0 Å². The minimum atomic E-state index is -0.465. The second kappa shape index (κ2) is 8.69.